The number of allylic oxidation sites excluding steroid dienone is 4. The molecule has 0 saturated carbocycles. The van der Waals surface area contributed by atoms with Crippen LogP contribution in [0.15, 0.2) is 24.3 Å². The predicted octanol–water partition coefficient (Wildman–Crippen LogP) is 11.4. The summed E-state index contributed by atoms with van der Waals surface area (Å²) >= 11 is 0. The Morgan fingerprint density at radius 2 is 0.944 bits per heavy atom. The number of rotatable bonds is 41. The summed E-state index contributed by atoms with van der Waals surface area (Å²) in [7, 11) is -4.62. The summed E-state index contributed by atoms with van der Waals surface area (Å²) in [6.45, 7) is 2.36. The van der Waals surface area contributed by atoms with Gasteiger partial charge < -0.3 is 24.6 Å². The van der Waals surface area contributed by atoms with Gasteiger partial charge >= 0.3 is 19.8 Å². The Morgan fingerprint density at radius 1 is 0.556 bits per heavy atom. The lowest BCUT2D eigenvalue weighted by molar-refractivity contribution is -0.161. The Kier molecular flexibility index (Phi) is 38.5. The summed E-state index contributed by atoms with van der Waals surface area (Å²) in [6, 6.07) is 0. The Labute approximate surface area is 329 Å². The van der Waals surface area contributed by atoms with Crippen LogP contribution < -0.4 is 0 Å². The average molecular weight is 789 g/mol. The summed E-state index contributed by atoms with van der Waals surface area (Å²) in [4.78, 5) is 35.0. The normalized spacial score (nSPS) is 14.1. The molecule has 10 nitrogen and oxygen atoms in total. The lowest BCUT2D eigenvalue weighted by Gasteiger charge is -2.20. The summed E-state index contributed by atoms with van der Waals surface area (Å²) < 4.78 is 32.7. The zero-order valence-electron chi connectivity index (χ0n) is 34.4. The van der Waals surface area contributed by atoms with Gasteiger partial charge in [-0.3, -0.25) is 18.6 Å². The van der Waals surface area contributed by atoms with Crippen molar-refractivity contribution in [3.8, 4) is 0 Å². The monoisotopic (exact) mass is 789 g/mol. The van der Waals surface area contributed by atoms with Crippen molar-refractivity contribution in [3.63, 3.8) is 0 Å². The molecule has 0 aliphatic rings. The van der Waals surface area contributed by atoms with Gasteiger partial charge in [-0.25, -0.2) is 4.57 Å². The van der Waals surface area contributed by atoms with Crippen LogP contribution in [0.25, 0.3) is 0 Å². The number of unbranched alkanes of at least 4 members (excludes halogenated alkanes) is 24. The van der Waals surface area contributed by atoms with E-state index in [1.165, 1.54) is 103 Å². The maximum absolute atomic E-state index is 12.6. The quantitative estimate of drug-likeness (QED) is 0.0236. The number of hydrogen-bond donors (Lipinski definition) is 3. The topological polar surface area (TPSA) is 149 Å². The van der Waals surface area contributed by atoms with Gasteiger partial charge in [-0.15, -0.1) is 0 Å². The summed E-state index contributed by atoms with van der Waals surface area (Å²) in [6.07, 6.45) is 38.5. The first-order chi connectivity index (χ1) is 26.2. The van der Waals surface area contributed by atoms with Crippen molar-refractivity contribution in [3.05, 3.63) is 24.3 Å². The average Bonchev–Trinajstić information content (AvgIpc) is 3.16. The molecule has 3 N–H and O–H groups in total. The van der Waals surface area contributed by atoms with E-state index in [1.54, 1.807) is 0 Å². The largest absolute Gasteiger partial charge is 0.472 e. The fourth-order valence-electron chi connectivity index (χ4n) is 5.98. The van der Waals surface area contributed by atoms with Gasteiger partial charge in [-0.1, -0.05) is 173 Å². The van der Waals surface area contributed by atoms with Crippen molar-refractivity contribution in [1.29, 1.82) is 0 Å². The van der Waals surface area contributed by atoms with Gasteiger partial charge in [0.25, 0.3) is 0 Å². The minimum Gasteiger partial charge on any atom is -0.462 e. The highest BCUT2D eigenvalue weighted by molar-refractivity contribution is 7.47. The Bertz CT molecular complexity index is 957. The summed E-state index contributed by atoms with van der Waals surface area (Å²) in [5, 5.41) is 18.3. The summed E-state index contributed by atoms with van der Waals surface area (Å²) in [5.74, 6) is -0.935. The van der Waals surface area contributed by atoms with Crippen molar-refractivity contribution in [1.82, 2.24) is 0 Å². The number of ether oxygens (including phenoxy) is 2. The Balaban J connectivity index is 4.30. The molecule has 0 saturated heterocycles. The molecule has 0 bridgehead atoms. The highest BCUT2D eigenvalue weighted by Gasteiger charge is 2.27. The van der Waals surface area contributed by atoms with E-state index in [0.717, 1.165) is 57.8 Å². The van der Waals surface area contributed by atoms with E-state index in [0.29, 0.717) is 12.8 Å². The van der Waals surface area contributed by atoms with E-state index in [1.807, 2.05) is 0 Å². The lowest BCUT2D eigenvalue weighted by Crippen LogP contribution is -2.29. The van der Waals surface area contributed by atoms with Crippen LogP contribution in [0.5, 0.6) is 0 Å². The molecule has 318 valence electrons. The van der Waals surface area contributed by atoms with Gasteiger partial charge in [-0.05, 0) is 38.5 Å². The van der Waals surface area contributed by atoms with Gasteiger partial charge in [0, 0.05) is 12.8 Å². The molecule has 0 aliphatic carbocycles. The Hall–Kier alpha value is -1.55. The first-order valence-corrected chi connectivity index (χ1v) is 23.3. The SMILES string of the molecule is CCCCCC/C=C/C=C/CCCCCCCC(=O)OC[C@H](COP(=O)(O)OC[C@@H](O)CO)OC(=O)CCCCCCCCCCCCCCCCCC. The van der Waals surface area contributed by atoms with Crippen LogP contribution >= 0.6 is 7.82 Å². The minimum atomic E-state index is -4.62. The van der Waals surface area contributed by atoms with Crippen LogP contribution in [0.2, 0.25) is 0 Å². The molecule has 0 aromatic carbocycles. The third kappa shape index (κ3) is 38.7. The smallest absolute Gasteiger partial charge is 0.462 e. The highest BCUT2D eigenvalue weighted by Crippen LogP contribution is 2.43. The van der Waals surface area contributed by atoms with Crippen LogP contribution in [-0.4, -0.2) is 65.7 Å². The lowest BCUT2D eigenvalue weighted by atomic mass is 10.0. The fourth-order valence-corrected chi connectivity index (χ4v) is 6.77. The van der Waals surface area contributed by atoms with Crippen molar-refractivity contribution in [2.45, 2.75) is 212 Å². The summed E-state index contributed by atoms with van der Waals surface area (Å²) in [5.41, 5.74) is 0. The molecule has 0 amide bonds. The van der Waals surface area contributed by atoms with Gasteiger partial charge in [0.05, 0.1) is 19.8 Å². The van der Waals surface area contributed by atoms with E-state index >= 15 is 0 Å². The molecule has 3 atom stereocenters. The first-order valence-electron chi connectivity index (χ1n) is 21.8. The van der Waals surface area contributed by atoms with E-state index in [9.17, 15) is 24.2 Å². The molecule has 0 spiro atoms. The van der Waals surface area contributed by atoms with Crippen LogP contribution in [0.3, 0.4) is 0 Å². The number of esters is 2. The number of phosphoric acid groups is 1. The number of carbonyl (C=O) groups excluding carboxylic acids is 2. The number of phosphoric ester groups is 1. The van der Waals surface area contributed by atoms with Crippen LogP contribution in [-0.2, 0) is 32.7 Å². The number of aliphatic hydroxyl groups excluding tert-OH is 2. The van der Waals surface area contributed by atoms with E-state index in [2.05, 4.69) is 42.7 Å². The number of aliphatic hydroxyl groups is 2. The third-order valence-corrected chi connectivity index (χ3v) is 10.3. The first kappa shape index (κ1) is 52.5. The van der Waals surface area contributed by atoms with E-state index < -0.39 is 51.8 Å². The molecule has 54 heavy (non-hydrogen) atoms. The van der Waals surface area contributed by atoms with Crippen LogP contribution in [0.1, 0.15) is 200 Å². The molecular weight excluding hydrogens is 707 g/mol. The van der Waals surface area contributed by atoms with Crippen molar-refractivity contribution >= 4 is 19.8 Å². The molecule has 0 radical (unpaired) electrons. The molecule has 1 unspecified atom stereocenters. The molecule has 0 aromatic heterocycles. The molecule has 11 heteroatoms. The highest BCUT2D eigenvalue weighted by atomic mass is 31.2. The van der Waals surface area contributed by atoms with Crippen LogP contribution in [0.4, 0.5) is 0 Å². The zero-order valence-corrected chi connectivity index (χ0v) is 35.3. The molecule has 0 fully saturated rings. The van der Waals surface area contributed by atoms with Gasteiger partial charge in [0.1, 0.15) is 12.7 Å². The molecular formula is C43H81O10P. The molecule has 0 aliphatic heterocycles. The molecule has 0 rings (SSSR count). The third-order valence-electron chi connectivity index (χ3n) is 9.39. The van der Waals surface area contributed by atoms with Crippen molar-refractivity contribution in [2.24, 2.45) is 0 Å². The van der Waals surface area contributed by atoms with Gasteiger partial charge in [-0.2, -0.15) is 0 Å². The fraction of sp³-hybridized carbons (Fsp3) is 0.860. The van der Waals surface area contributed by atoms with Gasteiger partial charge in [0.15, 0.2) is 6.10 Å². The second-order valence-electron chi connectivity index (χ2n) is 14.8. The van der Waals surface area contributed by atoms with Crippen molar-refractivity contribution in [2.75, 3.05) is 26.4 Å². The maximum Gasteiger partial charge on any atom is 0.472 e. The minimum absolute atomic E-state index is 0.185. The number of carbonyl (C=O) groups is 2. The maximum atomic E-state index is 12.6. The van der Waals surface area contributed by atoms with E-state index in [4.69, 9.17) is 19.1 Å². The second-order valence-corrected chi connectivity index (χ2v) is 16.2. The molecule has 0 heterocycles. The molecule has 0 aromatic rings. The van der Waals surface area contributed by atoms with Gasteiger partial charge in [0.2, 0.25) is 0 Å². The second kappa shape index (κ2) is 39.7. The van der Waals surface area contributed by atoms with Crippen molar-refractivity contribution < 1.29 is 47.8 Å². The van der Waals surface area contributed by atoms with E-state index in [-0.39, 0.29) is 19.4 Å². The Morgan fingerprint density at radius 3 is 1.41 bits per heavy atom. The zero-order chi connectivity index (χ0) is 39.8. The van der Waals surface area contributed by atoms with Crippen LogP contribution in [0, 0.1) is 0 Å². The standard InChI is InChI=1S/C43H81O10P/c1-3-5-7-9-11-13-15-17-19-21-23-25-27-29-31-33-35-43(47)53-41(39-52-54(48,49)51-37-40(45)36-44)38-50-42(46)34-32-30-28-26-24-22-20-18-16-14-12-10-8-6-4-2/h14,16,18,20,40-41,44-45H,3-13,15,17,19,21-39H2,1-2H3,(H,48,49)/b16-14+,20-18+/t40-,41+/m0/s1. The predicted molar refractivity (Wildman–Crippen MR) is 219 cm³/mol. The number of hydrogen-bond acceptors (Lipinski definition) is 9.